The van der Waals surface area contributed by atoms with Crippen LogP contribution in [0, 0.1) is 0 Å². The fraction of sp³-hybridized carbons (Fsp3) is 0.333. The first-order valence-electron chi connectivity index (χ1n) is 10.2. The number of rotatable bonds is 7. The third-order valence-corrected chi connectivity index (χ3v) is 5.81. The third-order valence-electron chi connectivity index (χ3n) is 5.07. The van der Waals surface area contributed by atoms with Gasteiger partial charge in [-0.1, -0.05) is 40.9 Å². The van der Waals surface area contributed by atoms with Gasteiger partial charge in [0.05, 0.1) is 27.7 Å². The van der Waals surface area contributed by atoms with Crippen molar-refractivity contribution in [1.29, 1.82) is 0 Å². The summed E-state index contributed by atoms with van der Waals surface area (Å²) in [5.41, 5.74) is -2.66. The number of Topliss-reactive ketones (excluding diaryl/α,β-unsaturated/α-hetero) is 1. The van der Waals surface area contributed by atoms with Crippen LogP contribution in [0.4, 0.5) is 26.3 Å². The lowest BCUT2D eigenvalue weighted by atomic mass is 9.90. The molecule has 35 heavy (non-hydrogen) atoms. The van der Waals surface area contributed by atoms with Crippen molar-refractivity contribution in [2.45, 2.75) is 38.5 Å². The number of hydrogen-bond acceptors (Lipinski definition) is 2. The lowest BCUT2D eigenvalue weighted by Crippen LogP contribution is -2.34. The molecule has 0 bridgehead atoms. The van der Waals surface area contributed by atoms with E-state index in [1.165, 1.54) is 12.1 Å². The Labute approximate surface area is 208 Å². The Morgan fingerprint density at radius 1 is 0.914 bits per heavy atom. The van der Waals surface area contributed by atoms with Crippen LogP contribution in [-0.4, -0.2) is 30.2 Å². The van der Waals surface area contributed by atoms with Gasteiger partial charge in [0.15, 0.2) is 5.78 Å². The highest BCUT2D eigenvalue weighted by atomic mass is 35.5. The number of allylic oxidation sites excluding steroid dienone is 2. The van der Waals surface area contributed by atoms with Crippen LogP contribution >= 0.6 is 23.2 Å². The van der Waals surface area contributed by atoms with Crippen molar-refractivity contribution in [2.75, 3.05) is 13.6 Å². The van der Waals surface area contributed by atoms with Crippen LogP contribution in [0.15, 0.2) is 48.0 Å². The molecule has 1 unspecified atom stereocenters. The fourth-order valence-corrected chi connectivity index (χ4v) is 3.56. The van der Waals surface area contributed by atoms with Crippen LogP contribution < -0.4 is 0 Å². The van der Waals surface area contributed by atoms with Gasteiger partial charge in [-0.15, -0.1) is 0 Å². The van der Waals surface area contributed by atoms with Crippen LogP contribution in [0.3, 0.4) is 0 Å². The summed E-state index contributed by atoms with van der Waals surface area (Å²) in [5.74, 6) is -2.42. The van der Waals surface area contributed by atoms with Crippen LogP contribution in [0.25, 0.3) is 0 Å². The summed E-state index contributed by atoms with van der Waals surface area (Å²) >= 11 is 12.0. The number of carbonyl (C=O) groups excluding carboxylic acids is 2. The minimum Gasteiger partial charge on any atom is -0.334 e. The minimum absolute atomic E-state index is 0.0678. The number of benzene rings is 2. The fourth-order valence-electron chi connectivity index (χ4n) is 3.25. The molecule has 0 fully saturated rings. The van der Waals surface area contributed by atoms with Gasteiger partial charge in [-0.05, 0) is 56.2 Å². The smallest absolute Gasteiger partial charge is 0.334 e. The number of halogens is 8. The number of ketones is 1. The first-order valence-corrected chi connectivity index (χ1v) is 10.9. The molecule has 0 aliphatic carbocycles. The first-order chi connectivity index (χ1) is 16.0. The molecule has 1 amide bonds. The van der Waals surface area contributed by atoms with Gasteiger partial charge in [0, 0.05) is 18.5 Å². The maximum Gasteiger partial charge on any atom is 0.416 e. The van der Waals surface area contributed by atoms with E-state index in [0.717, 1.165) is 17.5 Å². The number of amides is 1. The summed E-state index contributed by atoms with van der Waals surface area (Å²) in [6, 6.07) is 5.17. The van der Waals surface area contributed by atoms with E-state index in [1.807, 2.05) is 13.8 Å². The van der Waals surface area contributed by atoms with Crippen molar-refractivity contribution >= 4 is 34.9 Å². The lowest BCUT2D eigenvalue weighted by molar-refractivity contribution is -0.143. The maximum absolute atomic E-state index is 13.1. The maximum atomic E-state index is 13.1. The van der Waals surface area contributed by atoms with Gasteiger partial charge in [-0.2, -0.15) is 26.3 Å². The SMILES string of the molecule is CC(C)=CCC(C(=O)CN(C)C(=O)c1cc(C(F)(F)F)cc(C(F)(F)F)c1)c1ccc(Cl)c(Cl)c1. The van der Waals surface area contributed by atoms with Gasteiger partial charge >= 0.3 is 12.4 Å². The minimum atomic E-state index is -5.10. The van der Waals surface area contributed by atoms with E-state index in [0.29, 0.717) is 17.7 Å². The van der Waals surface area contributed by atoms with Crippen molar-refractivity contribution in [3.63, 3.8) is 0 Å². The van der Waals surface area contributed by atoms with Crippen molar-refractivity contribution in [1.82, 2.24) is 4.90 Å². The molecular weight excluding hydrogens is 519 g/mol. The van der Waals surface area contributed by atoms with Gasteiger partial charge in [0.25, 0.3) is 5.91 Å². The molecule has 0 N–H and O–H groups in total. The highest BCUT2D eigenvalue weighted by Gasteiger charge is 2.38. The van der Waals surface area contributed by atoms with Crippen LogP contribution in [-0.2, 0) is 17.1 Å². The normalized spacial score (nSPS) is 12.8. The quantitative estimate of drug-likeness (QED) is 0.265. The number of alkyl halides is 6. The molecular formula is C24H21Cl2F6NO2. The van der Waals surface area contributed by atoms with Crippen molar-refractivity contribution in [2.24, 2.45) is 0 Å². The highest BCUT2D eigenvalue weighted by molar-refractivity contribution is 6.42. The van der Waals surface area contributed by atoms with Gasteiger partial charge in [0.2, 0.25) is 0 Å². The molecule has 0 saturated heterocycles. The Morgan fingerprint density at radius 2 is 1.46 bits per heavy atom. The zero-order valence-electron chi connectivity index (χ0n) is 18.8. The van der Waals surface area contributed by atoms with Crippen molar-refractivity contribution < 1.29 is 35.9 Å². The Morgan fingerprint density at radius 3 is 1.91 bits per heavy atom. The predicted octanol–water partition coefficient (Wildman–Crippen LogP) is 7.81. The van der Waals surface area contributed by atoms with Crippen LogP contribution in [0.2, 0.25) is 10.0 Å². The molecule has 0 aliphatic rings. The Kier molecular flexibility index (Phi) is 9.05. The summed E-state index contributed by atoms with van der Waals surface area (Å²) in [7, 11) is 1.13. The first kappa shape index (κ1) is 28.7. The van der Waals surface area contributed by atoms with Gasteiger partial charge < -0.3 is 4.90 Å². The lowest BCUT2D eigenvalue weighted by Gasteiger charge is -2.22. The largest absolute Gasteiger partial charge is 0.416 e. The highest BCUT2D eigenvalue weighted by Crippen LogP contribution is 2.36. The molecule has 3 nitrogen and oxygen atoms in total. The van der Waals surface area contributed by atoms with Crippen LogP contribution in [0.1, 0.15) is 53.2 Å². The average Bonchev–Trinajstić information content (AvgIpc) is 2.73. The molecule has 2 aromatic rings. The van der Waals surface area contributed by atoms with E-state index in [1.54, 1.807) is 12.1 Å². The molecule has 0 heterocycles. The summed E-state index contributed by atoms with van der Waals surface area (Å²) in [5, 5.41) is 0.466. The van der Waals surface area contributed by atoms with E-state index in [-0.39, 0.29) is 22.5 Å². The zero-order chi connectivity index (χ0) is 26.7. The second-order valence-electron chi connectivity index (χ2n) is 8.17. The van der Waals surface area contributed by atoms with E-state index in [4.69, 9.17) is 23.2 Å². The molecule has 190 valence electrons. The number of carbonyl (C=O) groups is 2. The Balaban J connectivity index is 2.37. The number of hydrogen-bond donors (Lipinski definition) is 0. The molecule has 0 saturated carbocycles. The topological polar surface area (TPSA) is 37.4 Å². The number of likely N-dealkylation sites (N-methyl/N-ethyl adjacent to an activating group) is 1. The number of nitrogens with zero attached hydrogens (tertiary/aromatic N) is 1. The Bertz CT molecular complexity index is 1110. The molecule has 0 spiro atoms. The molecule has 11 heteroatoms. The van der Waals surface area contributed by atoms with Gasteiger partial charge in [-0.25, -0.2) is 0 Å². The molecule has 1 atom stereocenters. The average molecular weight is 540 g/mol. The second-order valence-corrected chi connectivity index (χ2v) is 8.98. The van der Waals surface area contributed by atoms with E-state index in [9.17, 15) is 35.9 Å². The molecule has 2 rings (SSSR count). The summed E-state index contributed by atoms with van der Waals surface area (Å²) in [4.78, 5) is 26.6. The van der Waals surface area contributed by atoms with E-state index < -0.39 is 53.2 Å². The molecule has 2 aromatic carbocycles. The molecule has 0 radical (unpaired) electrons. The monoisotopic (exact) mass is 539 g/mol. The van der Waals surface area contributed by atoms with Gasteiger partial charge in [0.1, 0.15) is 0 Å². The standard InChI is InChI=1S/C24H21Cl2F6NO2/c1-13(2)4-6-18(14-5-7-19(25)20(26)10-14)21(34)12-33(3)22(35)15-8-16(23(27,28)29)11-17(9-15)24(30,31)32/h4-5,7-11,18H,6,12H2,1-3H3. The van der Waals surface area contributed by atoms with Crippen LogP contribution in [0.5, 0.6) is 0 Å². The summed E-state index contributed by atoms with van der Waals surface area (Å²) in [6.07, 6.45) is -8.18. The third kappa shape index (κ3) is 7.73. The van der Waals surface area contributed by atoms with E-state index >= 15 is 0 Å². The second kappa shape index (κ2) is 11.0. The summed E-state index contributed by atoms with van der Waals surface area (Å²) in [6.45, 7) is 3.08. The zero-order valence-corrected chi connectivity index (χ0v) is 20.3. The molecule has 0 aliphatic heterocycles. The van der Waals surface area contributed by atoms with Crippen molar-refractivity contribution in [3.8, 4) is 0 Å². The van der Waals surface area contributed by atoms with Gasteiger partial charge in [-0.3, -0.25) is 9.59 Å². The summed E-state index contributed by atoms with van der Waals surface area (Å²) < 4.78 is 78.9. The Hall–Kier alpha value is -2.52. The van der Waals surface area contributed by atoms with Crippen molar-refractivity contribution in [3.05, 3.63) is 80.3 Å². The van der Waals surface area contributed by atoms with E-state index in [2.05, 4.69) is 0 Å². The molecule has 0 aromatic heterocycles. The predicted molar refractivity (Wildman–Crippen MR) is 122 cm³/mol.